The molecule has 0 aliphatic heterocycles. The number of hydrogen-bond donors (Lipinski definition) is 0. The van der Waals surface area contributed by atoms with Crippen LogP contribution in [0, 0.1) is 5.92 Å². The lowest BCUT2D eigenvalue weighted by Crippen LogP contribution is -2.04. The first-order valence-corrected chi connectivity index (χ1v) is 7.33. The Kier molecular flexibility index (Phi) is 6.75. The van der Waals surface area contributed by atoms with Gasteiger partial charge in [0.1, 0.15) is 12.1 Å². The zero-order chi connectivity index (χ0) is 14.3. The van der Waals surface area contributed by atoms with Gasteiger partial charge in [0.25, 0.3) is 0 Å². The summed E-state index contributed by atoms with van der Waals surface area (Å²) in [6.07, 6.45) is 9.37. The number of rotatable bonds is 7. The molecule has 1 unspecified atom stereocenters. The van der Waals surface area contributed by atoms with Gasteiger partial charge < -0.3 is 4.79 Å². The molecule has 2 heteroatoms. The smallest absolute Gasteiger partial charge is 0.133 e. The van der Waals surface area contributed by atoms with Gasteiger partial charge in [-0.15, -0.1) is 0 Å². The van der Waals surface area contributed by atoms with Gasteiger partial charge in [0.2, 0.25) is 0 Å². The predicted octanol–water partition coefficient (Wildman–Crippen LogP) is 4.40. The Labute approximate surface area is 117 Å². The van der Waals surface area contributed by atoms with Crippen LogP contribution in [0.15, 0.2) is 22.8 Å². The minimum atomic E-state index is 0.00913. The molecule has 0 aromatic carbocycles. The first-order valence-electron chi connectivity index (χ1n) is 7.33. The number of carbonyl (C=O) groups excluding carboxylic acids is 2. The van der Waals surface area contributed by atoms with E-state index in [-0.39, 0.29) is 11.7 Å². The minimum absolute atomic E-state index is 0.00913. The number of hydrogen-bond acceptors (Lipinski definition) is 2. The van der Waals surface area contributed by atoms with Crippen molar-refractivity contribution in [1.82, 2.24) is 0 Å². The number of allylic oxidation sites excluding steroid dienone is 4. The Morgan fingerprint density at radius 1 is 1.32 bits per heavy atom. The normalized spacial score (nSPS) is 19.6. The highest BCUT2D eigenvalue weighted by Gasteiger charge is 2.10. The molecule has 0 bridgehead atoms. The lowest BCUT2D eigenvalue weighted by Gasteiger charge is -2.16. The van der Waals surface area contributed by atoms with Crippen molar-refractivity contribution in [2.45, 2.75) is 65.7 Å². The van der Waals surface area contributed by atoms with Gasteiger partial charge in [-0.2, -0.15) is 0 Å². The van der Waals surface area contributed by atoms with E-state index in [1.807, 2.05) is 6.92 Å². The molecule has 0 radical (unpaired) electrons. The highest BCUT2D eigenvalue weighted by molar-refractivity contribution is 5.78. The molecule has 0 saturated carbocycles. The van der Waals surface area contributed by atoms with Crippen LogP contribution in [0.2, 0.25) is 0 Å². The van der Waals surface area contributed by atoms with Gasteiger partial charge in [-0.1, -0.05) is 29.7 Å². The summed E-state index contributed by atoms with van der Waals surface area (Å²) in [4.78, 5) is 22.2. The van der Waals surface area contributed by atoms with Gasteiger partial charge in [-0.25, -0.2) is 0 Å². The van der Waals surface area contributed by atoms with Crippen LogP contribution in [0.25, 0.3) is 0 Å². The van der Waals surface area contributed by atoms with Gasteiger partial charge in [-0.05, 0) is 46.0 Å². The molecule has 0 aromatic rings. The highest BCUT2D eigenvalue weighted by atomic mass is 16.1. The van der Waals surface area contributed by atoms with Crippen LogP contribution in [0.4, 0.5) is 0 Å². The molecule has 0 saturated heterocycles. The zero-order valence-corrected chi connectivity index (χ0v) is 12.5. The quantitative estimate of drug-likeness (QED) is 0.503. The summed E-state index contributed by atoms with van der Waals surface area (Å²) < 4.78 is 0. The third-order valence-corrected chi connectivity index (χ3v) is 4.01. The van der Waals surface area contributed by atoms with Crippen molar-refractivity contribution in [2.75, 3.05) is 0 Å². The SMILES string of the molecule is CC1=CCC(=C(C)CCC(=O)CCC(C)C=O)CC1. The number of Topliss-reactive ketones (excluding diaryl/α,β-unsaturated/α-hetero) is 1. The van der Waals surface area contributed by atoms with Crippen molar-refractivity contribution < 1.29 is 9.59 Å². The molecule has 0 fully saturated rings. The molecule has 0 N–H and O–H groups in total. The van der Waals surface area contributed by atoms with Crippen LogP contribution < -0.4 is 0 Å². The average molecular weight is 262 g/mol. The number of aldehydes is 1. The fourth-order valence-corrected chi connectivity index (χ4v) is 2.32. The van der Waals surface area contributed by atoms with Crippen molar-refractivity contribution in [1.29, 1.82) is 0 Å². The molecule has 106 valence electrons. The topological polar surface area (TPSA) is 34.1 Å². The zero-order valence-electron chi connectivity index (χ0n) is 12.5. The van der Waals surface area contributed by atoms with Crippen LogP contribution in [-0.4, -0.2) is 12.1 Å². The second-order valence-corrected chi connectivity index (χ2v) is 5.83. The van der Waals surface area contributed by atoms with Crippen molar-refractivity contribution >= 4 is 12.1 Å². The largest absolute Gasteiger partial charge is 0.303 e. The molecule has 1 aliphatic rings. The molecule has 0 amide bonds. The molecule has 19 heavy (non-hydrogen) atoms. The summed E-state index contributed by atoms with van der Waals surface area (Å²) >= 11 is 0. The maximum atomic E-state index is 11.8. The van der Waals surface area contributed by atoms with E-state index in [0.29, 0.717) is 19.3 Å². The molecule has 1 aliphatic carbocycles. The van der Waals surface area contributed by atoms with Crippen LogP contribution in [0.1, 0.15) is 65.7 Å². The summed E-state index contributed by atoms with van der Waals surface area (Å²) in [6.45, 7) is 6.21. The highest BCUT2D eigenvalue weighted by Crippen LogP contribution is 2.27. The standard InChI is InChI=1S/C17H26O2/c1-13-4-8-16(9-5-13)15(3)7-11-17(19)10-6-14(2)12-18/h4,12,14H,5-11H2,1-3H3. The van der Waals surface area contributed by atoms with E-state index in [1.54, 1.807) is 0 Å². The molecule has 1 rings (SSSR count). The Balaban J connectivity index is 2.33. The molecule has 0 spiro atoms. The van der Waals surface area contributed by atoms with Crippen molar-refractivity contribution in [2.24, 2.45) is 5.92 Å². The van der Waals surface area contributed by atoms with E-state index in [9.17, 15) is 9.59 Å². The third kappa shape index (κ3) is 6.00. The van der Waals surface area contributed by atoms with Crippen LogP contribution in [-0.2, 0) is 9.59 Å². The van der Waals surface area contributed by atoms with E-state index in [4.69, 9.17) is 0 Å². The van der Waals surface area contributed by atoms with E-state index in [1.165, 1.54) is 16.7 Å². The summed E-state index contributed by atoms with van der Waals surface area (Å²) in [5.41, 5.74) is 4.38. The molecule has 2 nitrogen and oxygen atoms in total. The molecule has 0 aromatic heterocycles. The Morgan fingerprint density at radius 3 is 2.63 bits per heavy atom. The first-order chi connectivity index (χ1) is 9.02. The summed E-state index contributed by atoms with van der Waals surface area (Å²) in [5.74, 6) is 0.297. The average Bonchev–Trinajstić information content (AvgIpc) is 2.42. The van der Waals surface area contributed by atoms with Gasteiger partial charge in [0.05, 0.1) is 0 Å². The van der Waals surface area contributed by atoms with E-state index in [2.05, 4.69) is 19.9 Å². The maximum absolute atomic E-state index is 11.8. The van der Waals surface area contributed by atoms with Gasteiger partial charge in [-0.3, -0.25) is 4.79 Å². The second kappa shape index (κ2) is 8.08. The van der Waals surface area contributed by atoms with E-state index in [0.717, 1.165) is 32.0 Å². The molecular weight excluding hydrogens is 236 g/mol. The Morgan fingerprint density at radius 2 is 2.05 bits per heavy atom. The van der Waals surface area contributed by atoms with Crippen molar-refractivity contribution in [3.05, 3.63) is 22.8 Å². The van der Waals surface area contributed by atoms with E-state index >= 15 is 0 Å². The third-order valence-electron chi connectivity index (χ3n) is 4.01. The fourth-order valence-electron chi connectivity index (χ4n) is 2.32. The summed E-state index contributed by atoms with van der Waals surface area (Å²) in [5, 5.41) is 0. The van der Waals surface area contributed by atoms with Crippen molar-refractivity contribution in [3.63, 3.8) is 0 Å². The molecule has 1 atom stereocenters. The fraction of sp³-hybridized carbons (Fsp3) is 0.647. The van der Waals surface area contributed by atoms with Gasteiger partial charge >= 0.3 is 0 Å². The lowest BCUT2D eigenvalue weighted by molar-refractivity contribution is -0.119. The van der Waals surface area contributed by atoms with E-state index < -0.39 is 0 Å². The van der Waals surface area contributed by atoms with Crippen LogP contribution in [0.5, 0.6) is 0 Å². The number of ketones is 1. The Hall–Kier alpha value is -1.18. The first kappa shape index (κ1) is 15.9. The lowest BCUT2D eigenvalue weighted by atomic mass is 9.90. The molecule has 0 heterocycles. The summed E-state index contributed by atoms with van der Waals surface area (Å²) in [7, 11) is 0. The predicted molar refractivity (Wildman–Crippen MR) is 79.0 cm³/mol. The van der Waals surface area contributed by atoms with Crippen LogP contribution >= 0.6 is 0 Å². The van der Waals surface area contributed by atoms with Crippen molar-refractivity contribution in [3.8, 4) is 0 Å². The minimum Gasteiger partial charge on any atom is -0.303 e. The summed E-state index contributed by atoms with van der Waals surface area (Å²) in [6, 6.07) is 0. The number of carbonyl (C=O) groups is 2. The monoisotopic (exact) mass is 262 g/mol. The van der Waals surface area contributed by atoms with Gasteiger partial charge in [0, 0.05) is 18.8 Å². The molecular formula is C17H26O2. The van der Waals surface area contributed by atoms with Gasteiger partial charge in [0.15, 0.2) is 0 Å². The second-order valence-electron chi connectivity index (χ2n) is 5.83. The Bertz CT molecular complexity index is 388. The van der Waals surface area contributed by atoms with Crippen LogP contribution in [0.3, 0.4) is 0 Å². The maximum Gasteiger partial charge on any atom is 0.133 e.